The molecule has 0 saturated heterocycles. The van der Waals surface area contributed by atoms with E-state index in [9.17, 15) is 4.79 Å². The highest BCUT2D eigenvalue weighted by atomic mass is 16.1. The maximum atomic E-state index is 11.4. The van der Waals surface area contributed by atoms with E-state index in [4.69, 9.17) is 0 Å². The van der Waals surface area contributed by atoms with Gasteiger partial charge in [-0.3, -0.25) is 4.79 Å². The highest BCUT2D eigenvalue weighted by Gasteiger charge is 2.05. The minimum atomic E-state index is 0.299. The van der Waals surface area contributed by atoms with Gasteiger partial charge in [-0.2, -0.15) is 0 Å². The smallest absolute Gasteiger partial charge is 0.137 e. The van der Waals surface area contributed by atoms with E-state index in [-0.39, 0.29) is 0 Å². The molecule has 1 N–H and O–H groups in total. The van der Waals surface area contributed by atoms with Crippen LogP contribution in [0.5, 0.6) is 0 Å². The molecule has 0 aliphatic carbocycles. The normalized spacial score (nSPS) is 10.6. The number of aryl methyl sites for hydroxylation is 1. The summed E-state index contributed by atoms with van der Waals surface area (Å²) in [6.45, 7) is 8.20. The number of benzene rings is 1. The van der Waals surface area contributed by atoms with Gasteiger partial charge in [0.05, 0.1) is 0 Å². The molecule has 1 rings (SSSR count). The Morgan fingerprint density at radius 1 is 1.38 bits per heavy atom. The summed E-state index contributed by atoms with van der Waals surface area (Å²) in [5.41, 5.74) is 3.45. The Hall–Kier alpha value is -1.31. The first-order valence-electron chi connectivity index (χ1n) is 5.90. The van der Waals surface area contributed by atoms with Gasteiger partial charge in [-0.05, 0) is 44.0 Å². The Morgan fingerprint density at radius 2 is 2.06 bits per heavy atom. The maximum Gasteiger partial charge on any atom is 0.137 e. The van der Waals surface area contributed by atoms with E-state index in [1.165, 1.54) is 5.56 Å². The summed E-state index contributed by atoms with van der Waals surface area (Å²) in [5, 5.41) is 3.36. The number of rotatable bonds is 5. The minimum Gasteiger partial charge on any atom is -0.383 e. The third-order valence-corrected chi connectivity index (χ3v) is 2.58. The van der Waals surface area contributed by atoms with E-state index in [2.05, 4.69) is 32.2 Å². The lowest BCUT2D eigenvalue weighted by Crippen LogP contribution is -2.10. The molecule has 1 aromatic carbocycles. The van der Waals surface area contributed by atoms with Crippen molar-refractivity contribution in [3.05, 3.63) is 29.3 Å². The van der Waals surface area contributed by atoms with Gasteiger partial charge >= 0.3 is 0 Å². The van der Waals surface area contributed by atoms with Crippen molar-refractivity contribution < 1.29 is 4.79 Å². The van der Waals surface area contributed by atoms with Crippen molar-refractivity contribution >= 4 is 11.5 Å². The molecule has 0 unspecified atom stereocenters. The second kappa shape index (κ2) is 5.69. The van der Waals surface area contributed by atoms with Crippen molar-refractivity contribution in [2.24, 2.45) is 0 Å². The lowest BCUT2D eigenvalue weighted by Gasteiger charge is -2.12. The second-order valence-corrected chi connectivity index (χ2v) is 4.51. The van der Waals surface area contributed by atoms with Crippen molar-refractivity contribution in [1.29, 1.82) is 0 Å². The van der Waals surface area contributed by atoms with E-state index in [1.807, 2.05) is 19.1 Å². The number of Topliss-reactive ketones (excluding diaryl/α,β-unsaturated/α-hetero) is 1. The fraction of sp³-hybridized carbons (Fsp3) is 0.500. The molecule has 88 valence electrons. The molecule has 0 saturated carbocycles. The van der Waals surface area contributed by atoms with Crippen LogP contribution in [0.1, 0.15) is 38.3 Å². The first-order valence-corrected chi connectivity index (χ1v) is 5.90. The summed E-state index contributed by atoms with van der Waals surface area (Å²) in [4.78, 5) is 11.4. The lowest BCUT2D eigenvalue weighted by atomic mass is 10.0. The van der Waals surface area contributed by atoms with Crippen LogP contribution in [0.4, 0.5) is 5.69 Å². The fourth-order valence-corrected chi connectivity index (χ4v) is 1.65. The number of carbonyl (C=O) groups is 1. The van der Waals surface area contributed by atoms with Crippen molar-refractivity contribution in [3.63, 3.8) is 0 Å². The van der Waals surface area contributed by atoms with E-state index in [1.54, 1.807) is 0 Å². The Balaban J connectivity index is 2.79. The predicted octanol–water partition coefficient (Wildman–Crippen LogP) is 3.34. The van der Waals surface area contributed by atoms with Crippen molar-refractivity contribution in [1.82, 2.24) is 0 Å². The molecule has 2 nitrogen and oxygen atoms in total. The Bertz CT molecular complexity index is 369. The van der Waals surface area contributed by atoms with Crippen LogP contribution in [0.25, 0.3) is 0 Å². The number of carbonyl (C=O) groups excluding carboxylic acids is 1. The lowest BCUT2D eigenvalue weighted by molar-refractivity contribution is -0.118. The molecule has 16 heavy (non-hydrogen) atoms. The third kappa shape index (κ3) is 3.69. The average molecular weight is 219 g/mol. The highest BCUT2D eigenvalue weighted by Crippen LogP contribution is 2.17. The zero-order chi connectivity index (χ0) is 12.1. The van der Waals surface area contributed by atoms with Crippen molar-refractivity contribution in [3.8, 4) is 0 Å². The monoisotopic (exact) mass is 219 g/mol. The van der Waals surface area contributed by atoms with Crippen LogP contribution >= 0.6 is 0 Å². The molecule has 0 aliphatic heterocycles. The predicted molar refractivity (Wildman–Crippen MR) is 68.9 cm³/mol. The fourth-order valence-electron chi connectivity index (χ4n) is 1.65. The molecule has 0 heterocycles. The topological polar surface area (TPSA) is 29.1 Å². The van der Waals surface area contributed by atoms with Crippen LogP contribution < -0.4 is 5.32 Å². The minimum absolute atomic E-state index is 0.299. The number of anilines is 1. The molecule has 0 aromatic heterocycles. The first kappa shape index (κ1) is 12.8. The standard InChI is InChI=1S/C14H21NO/c1-5-14(16)9-12-6-7-13(8-11(12)4)15-10(2)3/h6-8,10,15H,5,9H2,1-4H3. The summed E-state index contributed by atoms with van der Waals surface area (Å²) in [7, 11) is 0. The number of nitrogens with one attached hydrogen (secondary N) is 1. The largest absolute Gasteiger partial charge is 0.383 e. The average Bonchev–Trinajstić information content (AvgIpc) is 2.21. The Morgan fingerprint density at radius 3 is 2.56 bits per heavy atom. The van der Waals surface area contributed by atoms with E-state index in [0.29, 0.717) is 24.7 Å². The zero-order valence-electron chi connectivity index (χ0n) is 10.6. The van der Waals surface area contributed by atoms with Crippen LogP contribution in [0.3, 0.4) is 0 Å². The van der Waals surface area contributed by atoms with Gasteiger partial charge in [0.2, 0.25) is 0 Å². The molecule has 0 radical (unpaired) electrons. The molecule has 2 heteroatoms. The van der Waals surface area contributed by atoms with Crippen molar-refractivity contribution in [2.45, 2.75) is 46.6 Å². The molecular formula is C14H21NO. The third-order valence-electron chi connectivity index (χ3n) is 2.58. The van der Waals surface area contributed by atoms with E-state index in [0.717, 1.165) is 11.3 Å². The van der Waals surface area contributed by atoms with Crippen LogP contribution in [-0.4, -0.2) is 11.8 Å². The SMILES string of the molecule is CCC(=O)Cc1ccc(NC(C)C)cc1C. The quantitative estimate of drug-likeness (QED) is 0.823. The summed E-state index contributed by atoms with van der Waals surface area (Å²) >= 11 is 0. The van der Waals surface area contributed by atoms with E-state index >= 15 is 0 Å². The molecule has 0 bridgehead atoms. The van der Waals surface area contributed by atoms with E-state index < -0.39 is 0 Å². The molecule has 0 fully saturated rings. The van der Waals surface area contributed by atoms with Gasteiger partial charge in [0.15, 0.2) is 0 Å². The molecule has 1 aromatic rings. The maximum absolute atomic E-state index is 11.4. The first-order chi connectivity index (χ1) is 7.52. The van der Waals surface area contributed by atoms with Gasteiger partial charge in [0, 0.05) is 24.6 Å². The van der Waals surface area contributed by atoms with Crippen LogP contribution in [0.2, 0.25) is 0 Å². The van der Waals surface area contributed by atoms with Crippen LogP contribution in [0.15, 0.2) is 18.2 Å². The Labute approximate surface area is 98.1 Å². The zero-order valence-corrected chi connectivity index (χ0v) is 10.6. The van der Waals surface area contributed by atoms with Gasteiger partial charge in [-0.15, -0.1) is 0 Å². The summed E-state index contributed by atoms with van der Waals surface area (Å²) in [5.74, 6) is 0.299. The van der Waals surface area contributed by atoms with Crippen LogP contribution in [0, 0.1) is 6.92 Å². The number of hydrogen-bond donors (Lipinski definition) is 1. The summed E-state index contributed by atoms with van der Waals surface area (Å²) in [6.07, 6.45) is 1.18. The van der Waals surface area contributed by atoms with Gasteiger partial charge in [-0.25, -0.2) is 0 Å². The number of ketones is 1. The molecule has 0 aliphatic rings. The molecule has 0 amide bonds. The van der Waals surface area contributed by atoms with Gasteiger partial charge in [-0.1, -0.05) is 13.0 Å². The van der Waals surface area contributed by atoms with Gasteiger partial charge in [0.1, 0.15) is 5.78 Å². The summed E-state index contributed by atoms with van der Waals surface area (Å²) < 4.78 is 0. The Kier molecular flexibility index (Phi) is 4.53. The summed E-state index contributed by atoms with van der Waals surface area (Å²) in [6, 6.07) is 6.64. The highest BCUT2D eigenvalue weighted by molar-refractivity contribution is 5.81. The van der Waals surface area contributed by atoms with Gasteiger partial charge in [0.25, 0.3) is 0 Å². The number of hydrogen-bond acceptors (Lipinski definition) is 2. The van der Waals surface area contributed by atoms with Crippen LogP contribution in [-0.2, 0) is 11.2 Å². The molecule has 0 atom stereocenters. The molecular weight excluding hydrogens is 198 g/mol. The molecule has 0 spiro atoms. The van der Waals surface area contributed by atoms with Crippen molar-refractivity contribution in [2.75, 3.05) is 5.32 Å². The second-order valence-electron chi connectivity index (χ2n) is 4.51. The van der Waals surface area contributed by atoms with Gasteiger partial charge < -0.3 is 5.32 Å².